The molecule has 0 aromatic carbocycles. The highest BCUT2D eigenvalue weighted by molar-refractivity contribution is 5.76. The zero-order chi connectivity index (χ0) is 56.4. The maximum atomic E-state index is 12.6. The van der Waals surface area contributed by atoms with Crippen LogP contribution in [0.2, 0.25) is 0 Å². The minimum Gasteiger partial charge on any atom is -0.466 e. The topological polar surface area (TPSA) is 95.9 Å². The van der Waals surface area contributed by atoms with E-state index in [1.165, 1.54) is 353 Å². The summed E-state index contributed by atoms with van der Waals surface area (Å²) < 4.78 is 5.49. The maximum Gasteiger partial charge on any atom is 0.305 e. The normalized spacial score (nSPS) is 12.4. The first-order valence-electron chi connectivity index (χ1n) is 36.3. The van der Waals surface area contributed by atoms with E-state index in [1.54, 1.807) is 0 Å². The summed E-state index contributed by atoms with van der Waals surface area (Å²) in [5.41, 5.74) is 0. The number of amides is 1. The molecular weight excluding hydrogens is 959 g/mol. The third kappa shape index (κ3) is 64.0. The molecule has 2 atom stereocenters. The molecule has 0 aliphatic heterocycles. The average Bonchev–Trinajstić information content (AvgIpc) is 3.44. The number of esters is 1. The van der Waals surface area contributed by atoms with Crippen molar-refractivity contribution in [3.05, 3.63) is 0 Å². The number of nitrogens with one attached hydrogen (secondary N) is 1. The molecule has 0 spiro atoms. The van der Waals surface area contributed by atoms with Crippen molar-refractivity contribution in [3.8, 4) is 0 Å². The first-order valence-corrected chi connectivity index (χ1v) is 36.3. The molecule has 1 amide bonds. The van der Waals surface area contributed by atoms with Gasteiger partial charge in [0.1, 0.15) is 0 Å². The van der Waals surface area contributed by atoms with Gasteiger partial charge in [-0.3, -0.25) is 9.59 Å². The first-order chi connectivity index (χ1) is 38.5. The third-order valence-electron chi connectivity index (χ3n) is 17.4. The summed E-state index contributed by atoms with van der Waals surface area (Å²) in [6.07, 6.45) is 83.0. The van der Waals surface area contributed by atoms with Crippen molar-refractivity contribution in [3.63, 3.8) is 0 Å². The molecule has 0 bridgehead atoms. The van der Waals surface area contributed by atoms with E-state index in [9.17, 15) is 19.8 Å². The predicted molar refractivity (Wildman–Crippen MR) is 343 cm³/mol. The lowest BCUT2D eigenvalue weighted by molar-refractivity contribution is -0.143. The summed E-state index contributed by atoms with van der Waals surface area (Å²) in [7, 11) is 0. The molecule has 466 valence electrons. The van der Waals surface area contributed by atoms with Gasteiger partial charge in [-0.1, -0.05) is 386 Å². The molecule has 0 aliphatic rings. The van der Waals surface area contributed by atoms with E-state index in [2.05, 4.69) is 19.2 Å². The standard InChI is InChI=1S/C72H143NO5/c1-3-5-7-9-11-13-15-17-18-19-20-21-22-23-25-28-31-34-37-41-44-48-52-56-60-64-70(75)69(68-74)73-71(76)65-61-57-53-49-45-42-38-35-32-29-26-24-27-30-33-36-39-43-47-51-55-59-63-67-78-72(77)66-62-58-54-50-46-40-16-14-12-10-8-6-4-2/h69-70,74-75H,3-68H2,1-2H3,(H,73,76). The number of aliphatic hydroxyl groups excluding tert-OH is 2. The smallest absolute Gasteiger partial charge is 0.305 e. The van der Waals surface area contributed by atoms with Gasteiger partial charge in [-0.2, -0.15) is 0 Å². The molecular formula is C72H143NO5. The van der Waals surface area contributed by atoms with Crippen LogP contribution in [0.5, 0.6) is 0 Å². The second-order valence-electron chi connectivity index (χ2n) is 25.3. The van der Waals surface area contributed by atoms with Crippen LogP contribution in [0.1, 0.15) is 425 Å². The Balaban J connectivity index is 3.36. The molecule has 78 heavy (non-hydrogen) atoms. The Labute approximate surface area is 489 Å². The minimum absolute atomic E-state index is 0.0176. The van der Waals surface area contributed by atoms with E-state index in [4.69, 9.17) is 4.74 Å². The SMILES string of the molecule is CCCCCCCCCCCCCCCCCCCCCCCCCCCC(O)C(CO)NC(=O)CCCCCCCCCCCCCCCCCCCCCCCCCOC(=O)CCCCCCCCCCCCCCC. The van der Waals surface area contributed by atoms with Gasteiger partial charge in [0, 0.05) is 12.8 Å². The second kappa shape index (κ2) is 68.4. The van der Waals surface area contributed by atoms with Gasteiger partial charge in [0.05, 0.1) is 25.4 Å². The van der Waals surface area contributed by atoms with Crippen molar-refractivity contribution in [2.24, 2.45) is 0 Å². The summed E-state index contributed by atoms with van der Waals surface area (Å²) in [4.78, 5) is 24.6. The number of hydrogen-bond donors (Lipinski definition) is 3. The molecule has 0 rings (SSSR count). The van der Waals surface area contributed by atoms with Crippen LogP contribution in [0.15, 0.2) is 0 Å². The molecule has 0 aromatic rings. The van der Waals surface area contributed by atoms with Gasteiger partial charge in [-0.05, 0) is 25.7 Å². The van der Waals surface area contributed by atoms with E-state index in [0.717, 1.165) is 38.5 Å². The molecule has 2 unspecified atom stereocenters. The van der Waals surface area contributed by atoms with E-state index in [0.29, 0.717) is 25.9 Å². The average molecular weight is 1100 g/mol. The van der Waals surface area contributed by atoms with Gasteiger partial charge in [0.2, 0.25) is 5.91 Å². The summed E-state index contributed by atoms with van der Waals surface area (Å²) >= 11 is 0. The van der Waals surface area contributed by atoms with Crippen molar-refractivity contribution in [1.29, 1.82) is 0 Å². The largest absolute Gasteiger partial charge is 0.466 e. The highest BCUT2D eigenvalue weighted by Crippen LogP contribution is 2.20. The summed E-state index contributed by atoms with van der Waals surface area (Å²) in [5.74, 6) is -0.0106. The van der Waals surface area contributed by atoms with Gasteiger partial charge in [0.15, 0.2) is 0 Å². The van der Waals surface area contributed by atoms with Crippen LogP contribution >= 0.6 is 0 Å². The number of ether oxygens (including phenoxy) is 1. The highest BCUT2D eigenvalue weighted by Gasteiger charge is 2.20. The molecule has 0 radical (unpaired) electrons. The van der Waals surface area contributed by atoms with Gasteiger partial charge >= 0.3 is 5.97 Å². The molecule has 0 aromatic heterocycles. The van der Waals surface area contributed by atoms with E-state index in [-0.39, 0.29) is 18.5 Å². The van der Waals surface area contributed by atoms with Gasteiger partial charge in [-0.25, -0.2) is 0 Å². The fraction of sp³-hybridized carbons (Fsp3) is 0.972. The molecule has 0 saturated carbocycles. The van der Waals surface area contributed by atoms with Crippen LogP contribution < -0.4 is 5.32 Å². The Morgan fingerprint density at radius 2 is 0.526 bits per heavy atom. The third-order valence-corrected chi connectivity index (χ3v) is 17.4. The molecule has 6 heteroatoms. The van der Waals surface area contributed by atoms with Crippen LogP contribution in [0, 0.1) is 0 Å². The number of aliphatic hydroxyl groups is 2. The number of carbonyl (C=O) groups excluding carboxylic acids is 2. The number of unbranched alkanes of at least 4 members (excludes halogenated alkanes) is 58. The molecule has 6 nitrogen and oxygen atoms in total. The van der Waals surface area contributed by atoms with Crippen LogP contribution in [0.3, 0.4) is 0 Å². The fourth-order valence-corrected chi connectivity index (χ4v) is 11.9. The van der Waals surface area contributed by atoms with Crippen LogP contribution in [-0.4, -0.2) is 47.4 Å². The van der Waals surface area contributed by atoms with Crippen LogP contribution in [0.4, 0.5) is 0 Å². The van der Waals surface area contributed by atoms with Crippen molar-refractivity contribution in [2.45, 2.75) is 437 Å². The van der Waals surface area contributed by atoms with E-state index in [1.807, 2.05) is 0 Å². The Kier molecular flexibility index (Phi) is 67.4. The molecule has 0 saturated heterocycles. The molecule has 0 heterocycles. The quantitative estimate of drug-likeness (QED) is 0.0417. The second-order valence-corrected chi connectivity index (χ2v) is 25.3. The van der Waals surface area contributed by atoms with Crippen LogP contribution in [0.25, 0.3) is 0 Å². The van der Waals surface area contributed by atoms with E-state index < -0.39 is 12.1 Å². The fourth-order valence-electron chi connectivity index (χ4n) is 11.9. The van der Waals surface area contributed by atoms with Crippen molar-refractivity contribution in [2.75, 3.05) is 13.2 Å². The Hall–Kier alpha value is -1.14. The number of hydrogen-bond acceptors (Lipinski definition) is 5. The summed E-state index contributed by atoms with van der Waals surface area (Å²) in [5, 5.41) is 23.5. The lowest BCUT2D eigenvalue weighted by Crippen LogP contribution is -2.45. The van der Waals surface area contributed by atoms with Crippen molar-refractivity contribution >= 4 is 11.9 Å². The monoisotopic (exact) mass is 1100 g/mol. The number of rotatable bonds is 69. The van der Waals surface area contributed by atoms with Gasteiger partial charge in [-0.15, -0.1) is 0 Å². The van der Waals surface area contributed by atoms with Crippen molar-refractivity contribution in [1.82, 2.24) is 5.32 Å². The summed E-state index contributed by atoms with van der Waals surface area (Å²) in [6, 6.07) is -0.541. The van der Waals surface area contributed by atoms with Crippen molar-refractivity contribution < 1.29 is 24.5 Å². The Morgan fingerprint density at radius 1 is 0.308 bits per heavy atom. The first kappa shape index (κ1) is 76.9. The zero-order valence-corrected chi connectivity index (χ0v) is 53.4. The predicted octanol–water partition coefficient (Wildman–Crippen LogP) is 23.4. The van der Waals surface area contributed by atoms with Crippen LogP contribution in [-0.2, 0) is 14.3 Å². The maximum absolute atomic E-state index is 12.6. The highest BCUT2D eigenvalue weighted by atomic mass is 16.5. The van der Waals surface area contributed by atoms with Gasteiger partial charge < -0.3 is 20.3 Å². The Bertz CT molecular complexity index is 1130. The molecule has 3 N–H and O–H groups in total. The Morgan fingerprint density at radius 3 is 0.782 bits per heavy atom. The van der Waals surface area contributed by atoms with Gasteiger partial charge in [0.25, 0.3) is 0 Å². The lowest BCUT2D eigenvalue weighted by Gasteiger charge is -2.22. The summed E-state index contributed by atoms with van der Waals surface area (Å²) in [6.45, 7) is 5.00. The minimum atomic E-state index is -0.664. The zero-order valence-electron chi connectivity index (χ0n) is 53.4. The molecule has 0 aliphatic carbocycles. The van der Waals surface area contributed by atoms with E-state index >= 15 is 0 Å². The lowest BCUT2D eigenvalue weighted by atomic mass is 10.0. The number of carbonyl (C=O) groups is 2. The molecule has 0 fully saturated rings.